The van der Waals surface area contributed by atoms with Crippen LogP contribution in [0.1, 0.15) is 0 Å². The van der Waals surface area contributed by atoms with Gasteiger partial charge in [0, 0.05) is 0 Å². The van der Waals surface area contributed by atoms with Gasteiger partial charge in [-0.15, -0.1) is 0 Å². The second-order valence-electron chi connectivity index (χ2n) is 0.112. The molecule has 0 radical (unpaired) electrons. The number of hydrogen-bond donors (Lipinski definition) is 2. The van der Waals surface area contributed by atoms with Crippen molar-refractivity contribution < 1.29 is 0 Å². The molecule has 4 heavy (non-hydrogen) atoms. The van der Waals surface area contributed by atoms with E-state index in [1.165, 1.54) is 0 Å². The second-order valence-corrected chi connectivity index (χ2v) is 0.112. The van der Waals surface area contributed by atoms with Gasteiger partial charge in [-0.1, -0.05) is 0 Å². The first-order valence-electron chi connectivity index (χ1n) is 0.474. The van der Waals surface area contributed by atoms with E-state index < -0.39 is 0 Å². The third-order valence-electron chi connectivity index (χ3n) is 0. The van der Waals surface area contributed by atoms with E-state index in [0.29, 0.717) is 0 Å². The highest BCUT2D eigenvalue weighted by Crippen LogP contribution is 0.989. The Kier molecular flexibility index (Phi) is 92.5. The fourth-order valence-corrected chi connectivity index (χ4v) is 0. The zero-order valence-electron chi connectivity index (χ0n) is 2.45. The molecule has 0 saturated heterocycles. The van der Waals surface area contributed by atoms with Crippen molar-refractivity contribution in [2.24, 2.45) is 0 Å². The predicted molar refractivity (Wildman–Crippen MR) is 17.1 cm³/mol. The van der Waals surface area contributed by atoms with Crippen LogP contribution in [-0.4, -0.2) is 6.01 Å². The van der Waals surface area contributed by atoms with Gasteiger partial charge in [-0.2, -0.15) is 6.01 Å². The molecule has 0 aromatic heterocycles. The molecule has 3 heteroatoms. The molecule has 3 nitrogen and oxygen atoms in total. The lowest BCUT2D eigenvalue weighted by Gasteiger charge is -1.31. The first kappa shape index (κ1) is 10.2. The van der Waals surface area contributed by atoms with Crippen LogP contribution in [-0.2, 0) is 0 Å². The van der Waals surface area contributed by atoms with Crippen LogP contribution in [0.4, 0.5) is 0 Å². The summed E-state index contributed by atoms with van der Waals surface area (Å²) >= 11 is 0. The molecule has 24 valence electrons. The van der Waals surface area contributed by atoms with E-state index in [1.807, 2.05) is 0 Å². The molecule has 0 aromatic rings. The van der Waals surface area contributed by atoms with Crippen molar-refractivity contribution in [2.45, 2.75) is 0 Å². The van der Waals surface area contributed by atoms with E-state index in [9.17, 15) is 0 Å². The van der Waals surface area contributed by atoms with Gasteiger partial charge in [-0.05, 0) is 0 Å². The van der Waals surface area contributed by atoms with E-state index in [2.05, 4.69) is 0 Å². The highest BCUT2D eigenvalue weighted by Gasteiger charge is 0.714. The minimum atomic E-state index is 0. The van der Waals surface area contributed by atoms with Crippen molar-refractivity contribution in [3.63, 3.8) is 0 Å². The SMILES string of the molecule is [N-]=C=N.[NH4+]. The minimum Gasteiger partial charge on any atom is -0.447 e. The van der Waals surface area contributed by atoms with E-state index in [-0.39, 0.29) is 6.15 Å². The Morgan fingerprint density at radius 2 is 1.75 bits per heavy atom. The molecule has 0 heterocycles. The fourth-order valence-electron chi connectivity index (χ4n) is 0. The number of nitrogens with one attached hydrogen (secondary N) is 1. The number of rotatable bonds is 0. The Balaban J connectivity index is 0. The van der Waals surface area contributed by atoms with E-state index in [0.717, 1.165) is 6.01 Å². The summed E-state index contributed by atoms with van der Waals surface area (Å²) in [6.45, 7) is 0. The van der Waals surface area contributed by atoms with E-state index in [1.54, 1.807) is 0 Å². The largest absolute Gasteiger partial charge is 0.447 e. The molecule has 0 atom stereocenters. The molecule has 0 unspecified atom stereocenters. The molecule has 0 saturated carbocycles. The Morgan fingerprint density at radius 1 is 1.75 bits per heavy atom. The summed E-state index contributed by atoms with van der Waals surface area (Å²) in [5.41, 5.74) is 0. The fraction of sp³-hybridized carbons (Fsp3) is 0. The van der Waals surface area contributed by atoms with Crippen molar-refractivity contribution in [3.8, 4) is 0 Å². The van der Waals surface area contributed by atoms with Crippen molar-refractivity contribution >= 4 is 6.01 Å². The third kappa shape index (κ3) is 0.356. The molecule has 5 N–H and O–H groups in total. The molecule has 0 rings (SSSR count). The Labute approximate surface area is 24.2 Å². The van der Waals surface area contributed by atoms with Crippen LogP contribution >= 0.6 is 0 Å². The number of hydrogen-bond acceptors (Lipinski definition) is 1. The van der Waals surface area contributed by atoms with E-state index in [4.69, 9.17) is 10.8 Å². The summed E-state index contributed by atoms with van der Waals surface area (Å²) in [4.78, 5) is 0. The summed E-state index contributed by atoms with van der Waals surface area (Å²) in [6, 6.07) is 1.00. The maximum Gasteiger partial charge on any atom is -0.158 e. The summed E-state index contributed by atoms with van der Waals surface area (Å²) in [5.74, 6) is 0. The Morgan fingerprint density at radius 3 is 1.75 bits per heavy atom. The van der Waals surface area contributed by atoms with Gasteiger partial charge in [-0.25, -0.2) is 0 Å². The Hall–Kier alpha value is -0.660. The highest BCUT2D eigenvalue weighted by atomic mass is 14.4. The quantitative estimate of drug-likeness (QED) is 0.385. The summed E-state index contributed by atoms with van der Waals surface area (Å²) in [7, 11) is 0. The van der Waals surface area contributed by atoms with Gasteiger partial charge in [0.05, 0.1) is 0 Å². The maximum atomic E-state index is 6.99. The molecule has 0 fully saturated rings. The third-order valence-corrected chi connectivity index (χ3v) is 0. The molecule has 0 aliphatic rings. The van der Waals surface area contributed by atoms with Gasteiger partial charge in [0.25, 0.3) is 0 Å². The average molecular weight is 59.1 g/mol. The monoisotopic (exact) mass is 59.0 g/mol. The van der Waals surface area contributed by atoms with Crippen molar-refractivity contribution in [1.29, 1.82) is 5.41 Å². The smallest absolute Gasteiger partial charge is 0.158 e. The van der Waals surface area contributed by atoms with Crippen molar-refractivity contribution in [1.82, 2.24) is 6.15 Å². The summed E-state index contributed by atoms with van der Waals surface area (Å²) in [6.07, 6.45) is 0. The van der Waals surface area contributed by atoms with E-state index >= 15 is 0 Å². The van der Waals surface area contributed by atoms with Gasteiger partial charge in [0.15, 0.2) is 0 Å². The minimum absolute atomic E-state index is 0. The molecular weight excluding hydrogens is 54.0 g/mol. The van der Waals surface area contributed by atoms with Crippen LogP contribution < -0.4 is 6.15 Å². The van der Waals surface area contributed by atoms with Crippen LogP contribution in [0.25, 0.3) is 5.41 Å². The summed E-state index contributed by atoms with van der Waals surface area (Å²) in [5, 5.41) is 12.5. The topological polar surface area (TPSA) is 82.7 Å². The Bertz CT molecular complexity index is 24.3. The number of quaternary nitrogens is 1. The standard InChI is InChI=1S/CHN2.H3N/c2-1-3;/h2H;1H3/q-1;/p+1. The molecular formula is CH5N3. The van der Waals surface area contributed by atoms with Gasteiger partial charge in [-0.3, -0.25) is 0 Å². The van der Waals surface area contributed by atoms with Crippen LogP contribution in [0.2, 0.25) is 0 Å². The van der Waals surface area contributed by atoms with Crippen LogP contribution in [0.15, 0.2) is 0 Å². The predicted octanol–water partition coefficient (Wildman–Crippen LogP) is 0.685. The normalized spacial score (nSPS) is 2.00. The van der Waals surface area contributed by atoms with Gasteiger partial charge in [0.2, 0.25) is 0 Å². The first-order valence-corrected chi connectivity index (χ1v) is 0.474. The molecule has 0 aromatic carbocycles. The molecule has 0 amide bonds. The molecule has 0 aliphatic carbocycles. The van der Waals surface area contributed by atoms with Crippen molar-refractivity contribution in [3.05, 3.63) is 5.41 Å². The zero-order valence-corrected chi connectivity index (χ0v) is 2.45. The average Bonchev–Trinajstić information content (AvgIpc) is 0.918. The molecule has 0 aliphatic heterocycles. The van der Waals surface area contributed by atoms with Crippen LogP contribution in [0.5, 0.6) is 0 Å². The van der Waals surface area contributed by atoms with Crippen LogP contribution in [0.3, 0.4) is 0 Å². The maximum absolute atomic E-state index is 6.99. The zero-order chi connectivity index (χ0) is 2.71. The highest BCUT2D eigenvalue weighted by molar-refractivity contribution is 5.39. The number of nitrogens with zero attached hydrogens (tertiary/aromatic N) is 1. The van der Waals surface area contributed by atoms with Gasteiger partial charge >= 0.3 is 0 Å². The lowest BCUT2D eigenvalue weighted by atomic mass is 11.6. The second kappa shape index (κ2) is 36.3. The van der Waals surface area contributed by atoms with Crippen molar-refractivity contribution in [2.75, 3.05) is 0 Å². The summed E-state index contributed by atoms with van der Waals surface area (Å²) < 4.78 is 0. The first-order chi connectivity index (χ1) is 1.41. The lowest BCUT2D eigenvalue weighted by molar-refractivity contribution is 1.60. The van der Waals surface area contributed by atoms with Gasteiger partial charge in [0.1, 0.15) is 0 Å². The van der Waals surface area contributed by atoms with Gasteiger partial charge < -0.3 is 17.0 Å². The molecule has 0 bridgehead atoms. The molecule has 0 spiro atoms. The van der Waals surface area contributed by atoms with Crippen LogP contribution in [0, 0.1) is 5.41 Å². The lowest BCUT2D eigenvalue weighted by Crippen LogP contribution is -1.08.